The van der Waals surface area contributed by atoms with Crippen molar-refractivity contribution in [2.45, 2.75) is 51.4 Å². The van der Waals surface area contributed by atoms with Crippen LogP contribution in [0.3, 0.4) is 0 Å². The Morgan fingerprint density at radius 2 is 1.46 bits per heavy atom. The van der Waals surface area contributed by atoms with Gasteiger partial charge in [-0.05, 0) is 60.6 Å². The van der Waals surface area contributed by atoms with Crippen LogP contribution >= 0.6 is 0 Å². The van der Waals surface area contributed by atoms with Crippen LogP contribution in [-0.4, -0.2) is 0 Å². The average Bonchev–Trinajstić information content (AvgIpc) is 3.03. The first-order valence-corrected chi connectivity index (χ1v) is 12.8. The van der Waals surface area contributed by atoms with Gasteiger partial charge in [-0.25, -0.2) is 8.96 Å². The van der Waals surface area contributed by atoms with E-state index in [0.717, 1.165) is 38.7 Å². The number of nitrogens with zero attached hydrogens (tertiary/aromatic N) is 1. The van der Waals surface area contributed by atoms with E-state index < -0.39 is 0 Å². The zero-order valence-electron chi connectivity index (χ0n) is 20.5. The van der Waals surface area contributed by atoms with Crippen molar-refractivity contribution in [3.05, 3.63) is 89.9 Å². The fraction of sp³-hybridized carbons (Fsp3) is 0.281. The van der Waals surface area contributed by atoms with E-state index in [0.29, 0.717) is 17.1 Å². The van der Waals surface area contributed by atoms with Crippen LogP contribution in [0.25, 0.3) is 44.3 Å². The minimum Gasteiger partial charge on any atom is -0.454 e. The Labute approximate surface area is 206 Å². The average molecular weight is 465 g/mol. The lowest BCUT2D eigenvalue weighted by molar-refractivity contribution is -0.660. The summed E-state index contributed by atoms with van der Waals surface area (Å²) in [5.41, 5.74) is 7.48. The topological polar surface area (TPSA) is 17.0 Å². The third-order valence-electron chi connectivity index (χ3n) is 7.80. The third kappa shape index (κ3) is 3.83. The van der Waals surface area contributed by atoms with Crippen LogP contribution < -0.4 is 4.57 Å². The van der Waals surface area contributed by atoms with Crippen LogP contribution in [0.1, 0.15) is 55.6 Å². The minimum atomic E-state index is -0.248. The Balaban J connectivity index is 1.52. The lowest BCUT2D eigenvalue weighted by Crippen LogP contribution is -2.30. The zero-order chi connectivity index (χ0) is 23.9. The highest BCUT2D eigenvalue weighted by Gasteiger charge is 2.23. The highest BCUT2D eigenvalue weighted by Crippen LogP contribution is 2.42. The zero-order valence-corrected chi connectivity index (χ0v) is 20.5. The van der Waals surface area contributed by atoms with Gasteiger partial charge >= 0.3 is 0 Å². The maximum Gasteiger partial charge on any atom is 0.216 e. The number of fused-ring (bicyclic) bond motifs is 3. The summed E-state index contributed by atoms with van der Waals surface area (Å²) in [6, 6.07) is 22.4. The van der Waals surface area contributed by atoms with Gasteiger partial charge in [-0.3, -0.25) is 0 Å². The lowest BCUT2D eigenvalue weighted by Gasteiger charge is -2.15. The van der Waals surface area contributed by atoms with E-state index in [1.807, 2.05) is 31.4 Å². The molecule has 3 aromatic carbocycles. The quantitative estimate of drug-likeness (QED) is 0.193. The van der Waals surface area contributed by atoms with Crippen molar-refractivity contribution in [1.82, 2.24) is 0 Å². The molecule has 3 heteroatoms. The van der Waals surface area contributed by atoms with Gasteiger partial charge in [0.1, 0.15) is 24.0 Å². The number of hydrogen-bond donors (Lipinski definition) is 0. The van der Waals surface area contributed by atoms with Gasteiger partial charge in [-0.15, -0.1) is 0 Å². The first-order chi connectivity index (χ1) is 17.1. The van der Waals surface area contributed by atoms with Crippen LogP contribution in [0.15, 0.2) is 77.3 Å². The van der Waals surface area contributed by atoms with Gasteiger partial charge in [0, 0.05) is 22.9 Å². The van der Waals surface area contributed by atoms with Crippen LogP contribution in [0.5, 0.6) is 0 Å². The highest BCUT2D eigenvalue weighted by molar-refractivity contribution is 6.13. The molecule has 6 rings (SSSR count). The van der Waals surface area contributed by atoms with Crippen molar-refractivity contribution in [3.8, 4) is 22.4 Å². The van der Waals surface area contributed by atoms with Gasteiger partial charge in [-0.1, -0.05) is 62.1 Å². The molecule has 0 amide bonds. The summed E-state index contributed by atoms with van der Waals surface area (Å²) in [4.78, 5) is 0. The predicted molar refractivity (Wildman–Crippen MR) is 141 cm³/mol. The fourth-order valence-electron chi connectivity index (χ4n) is 5.88. The summed E-state index contributed by atoms with van der Waals surface area (Å²) in [6.45, 7) is 2.10. The Morgan fingerprint density at radius 3 is 2.17 bits per heavy atom. The summed E-state index contributed by atoms with van der Waals surface area (Å²) in [6.07, 6.45) is 9.85. The minimum absolute atomic E-state index is 0.248. The molecular weight excluding hydrogens is 433 g/mol. The number of halogens is 1. The van der Waals surface area contributed by atoms with Crippen molar-refractivity contribution >= 4 is 21.9 Å². The van der Waals surface area contributed by atoms with Crippen molar-refractivity contribution in [3.63, 3.8) is 0 Å². The van der Waals surface area contributed by atoms with E-state index >= 15 is 4.39 Å². The number of aromatic nitrogens is 1. The molecule has 0 unspecified atom stereocenters. The van der Waals surface area contributed by atoms with E-state index in [4.69, 9.17) is 4.42 Å². The van der Waals surface area contributed by atoms with Gasteiger partial charge in [0.25, 0.3) is 0 Å². The second-order valence-electron chi connectivity index (χ2n) is 10.0. The Kier molecular flexibility index (Phi) is 5.64. The van der Waals surface area contributed by atoms with Crippen molar-refractivity contribution in [2.75, 3.05) is 0 Å². The molecule has 35 heavy (non-hydrogen) atoms. The summed E-state index contributed by atoms with van der Waals surface area (Å²) in [5, 5.41) is 1.96. The molecule has 0 N–H and O–H groups in total. The number of benzene rings is 3. The maximum absolute atomic E-state index is 15.3. The molecule has 0 bridgehead atoms. The van der Waals surface area contributed by atoms with Gasteiger partial charge in [0.05, 0.1) is 11.1 Å². The standard InChI is InChI=1S/C32H31FNO/c1-21-12-17-25-26-18-19-27(33)30(24-15-13-23(14-16-24)22-9-5-3-4-6-10-22)32(26)35-31(25)29(21)28-11-7-8-20-34(28)2/h7-8,11-20,22H,3-6,9-10H2,1-2H3/q+1. The first kappa shape index (κ1) is 22.0. The second kappa shape index (κ2) is 8.96. The highest BCUT2D eigenvalue weighted by atomic mass is 19.1. The van der Waals surface area contributed by atoms with Gasteiger partial charge in [-0.2, -0.15) is 0 Å². The molecule has 2 nitrogen and oxygen atoms in total. The maximum atomic E-state index is 15.3. The monoisotopic (exact) mass is 464 g/mol. The number of pyridine rings is 1. The summed E-state index contributed by atoms with van der Waals surface area (Å²) in [7, 11) is 2.04. The molecule has 1 fully saturated rings. The molecule has 2 heterocycles. The Hall–Kier alpha value is -3.46. The number of aryl methyl sites for hydroxylation is 2. The first-order valence-electron chi connectivity index (χ1n) is 12.8. The lowest BCUT2D eigenvalue weighted by atomic mass is 9.90. The predicted octanol–water partition coefficient (Wildman–Crippen LogP) is 8.63. The van der Waals surface area contributed by atoms with Crippen LogP contribution in [0.4, 0.5) is 4.39 Å². The molecule has 0 atom stereocenters. The molecular formula is C32H31FNO+. The third-order valence-corrected chi connectivity index (χ3v) is 7.80. The van der Waals surface area contributed by atoms with Crippen molar-refractivity contribution in [1.29, 1.82) is 0 Å². The van der Waals surface area contributed by atoms with E-state index in [2.05, 4.69) is 54.0 Å². The second-order valence-corrected chi connectivity index (χ2v) is 10.0. The molecule has 1 aliphatic rings. The van der Waals surface area contributed by atoms with Crippen molar-refractivity contribution in [2.24, 2.45) is 7.05 Å². The van der Waals surface area contributed by atoms with E-state index in [9.17, 15) is 0 Å². The molecule has 176 valence electrons. The van der Waals surface area contributed by atoms with Crippen LogP contribution in [-0.2, 0) is 7.05 Å². The molecule has 0 radical (unpaired) electrons. The Bertz CT molecular complexity index is 1520. The normalized spacial score (nSPS) is 15.1. The van der Waals surface area contributed by atoms with Crippen LogP contribution in [0.2, 0.25) is 0 Å². The SMILES string of the molecule is Cc1ccc2c(oc3c(-c4ccc(C5CCCCCC5)cc4)c(F)ccc32)c1-c1cccc[n+]1C. The van der Waals surface area contributed by atoms with E-state index in [1.165, 1.54) is 44.1 Å². The number of rotatable bonds is 3. The smallest absolute Gasteiger partial charge is 0.216 e. The summed E-state index contributed by atoms with van der Waals surface area (Å²) < 4.78 is 24.0. The Morgan fingerprint density at radius 1 is 0.771 bits per heavy atom. The largest absolute Gasteiger partial charge is 0.454 e. The molecule has 1 saturated carbocycles. The molecule has 2 aromatic heterocycles. The number of furan rings is 1. The van der Waals surface area contributed by atoms with Crippen molar-refractivity contribution < 1.29 is 13.4 Å². The molecule has 5 aromatic rings. The fourth-order valence-corrected chi connectivity index (χ4v) is 5.88. The summed E-state index contributed by atoms with van der Waals surface area (Å²) >= 11 is 0. The number of hydrogen-bond acceptors (Lipinski definition) is 1. The van der Waals surface area contributed by atoms with Gasteiger partial charge in [0.2, 0.25) is 5.69 Å². The van der Waals surface area contributed by atoms with Gasteiger partial charge < -0.3 is 4.42 Å². The van der Waals surface area contributed by atoms with E-state index in [-0.39, 0.29) is 5.82 Å². The molecule has 0 aliphatic heterocycles. The summed E-state index contributed by atoms with van der Waals surface area (Å²) in [5.74, 6) is 0.373. The molecule has 0 spiro atoms. The molecule has 0 saturated heterocycles. The van der Waals surface area contributed by atoms with E-state index in [1.54, 1.807) is 6.07 Å². The van der Waals surface area contributed by atoms with Gasteiger partial charge in [0.15, 0.2) is 6.20 Å². The molecule has 1 aliphatic carbocycles. The van der Waals surface area contributed by atoms with Crippen LogP contribution in [0, 0.1) is 12.7 Å².